The number of azide groups is 1. The Bertz CT molecular complexity index is 279. The molecular formula is C14H27N3O3. The first-order chi connectivity index (χ1) is 9.81. The molecule has 0 N–H and O–H groups in total. The zero-order chi connectivity index (χ0) is 14.9. The molecule has 20 heavy (non-hydrogen) atoms. The summed E-state index contributed by atoms with van der Waals surface area (Å²) in [7, 11) is 0. The van der Waals surface area contributed by atoms with Crippen molar-refractivity contribution in [3.8, 4) is 0 Å². The van der Waals surface area contributed by atoms with Crippen LogP contribution < -0.4 is 0 Å². The molecule has 0 rings (SSSR count). The van der Waals surface area contributed by atoms with Crippen molar-refractivity contribution >= 4 is 5.97 Å². The van der Waals surface area contributed by atoms with Crippen LogP contribution in [0.4, 0.5) is 0 Å². The van der Waals surface area contributed by atoms with E-state index in [4.69, 9.17) is 15.0 Å². The van der Waals surface area contributed by atoms with E-state index < -0.39 is 0 Å². The van der Waals surface area contributed by atoms with Crippen molar-refractivity contribution in [2.24, 2.45) is 5.11 Å². The third-order valence-corrected chi connectivity index (χ3v) is 2.87. The molecule has 0 aliphatic rings. The molecule has 6 nitrogen and oxygen atoms in total. The number of esters is 1. The van der Waals surface area contributed by atoms with Crippen LogP contribution in [0, 0.1) is 0 Å². The second-order valence-electron chi connectivity index (χ2n) is 4.60. The van der Waals surface area contributed by atoms with E-state index in [0.717, 1.165) is 25.9 Å². The topological polar surface area (TPSA) is 84.3 Å². The smallest absolute Gasteiger partial charge is 0.305 e. The minimum atomic E-state index is -0.0784. The van der Waals surface area contributed by atoms with E-state index in [-0.39, 0.29) is 5.97 Å². The molecular weight excluding hydrogens is 258 g/mol. The van der Waals surface area contributed by atoms with Crippen molar-refractivity contribution in [3.05, 3.63) is 10.4 Å². The minimum absolute atomic E-state index is 0.0784. The number of hydrogen-bond acceptors (Lipinski definition) is 4. The van der Waals surface area contributed by atoms with Gasteiger partial charge in [0.15, 0.2) is 0 Å². The number of unbranched alkanes of at least 4 members (excludes halogenated alkanes) is 6. The SMILES string of the molecule is CCOC(=O)CCCCCCCCCOCCN=[N+]=[N-]. The molecule has 0 bridgehead atoms. The zero-order valence-electron chi connectivity index (χ0n) is 12.6. The normalized spacial score (nSPS) is 10.1. The Hall–Kier alpha value is -1.26. The van der Waals surface area contributed by atoms with E-state index in [1.807, 2.05) is 6.92 Å². The first-order valence-electron chi connectivity index (χ1n) is 7.55. The number of nitrogens with zero attached hydrogens (tertiary/aromatic N) is 3. The van der Waals surface area contributed by atoms with Crippen LogP contribution in [0.2, 0.25) is 0 Å². The summed E-state index contributed by atoms with van der Waals surface area (Å²) < 4.78 is 10.2. The number of hydrogen-bond donors (Lipinski definition) is 0. The van der Waals surface area contributed by atoms with Gasteiger partial charge in [-0.1, -0.05) is 37.2 Å². The van der Waals surface area contributed by atoms with E-state index in [1.54, 1.807) is 0 Å². The van der Waals surface area contributed by atoms with Crippen LogP contribution >= 0.6 is 0 Å². The van der Waals surface area contributed by atoms with Crippen molar-refractivity contribution in [2.75, 3.05) is 26.4 Å². The van der Waals surface area contributed by atoms with Gasteiger partial charge in [0.25, 0.3) is 0 Å². The van der Waals surface area contributed by atoms with E-state index in [9.17, 15) is 4.79 Å². The highest BCUT2D eigenvalue weighted by molar-refractivity contribution is 5.69. The zero-order valence-corrected chi connectivity index (χ0v) is 12.6. The van der Waals surface area contributed by atoms with Crippen LogP contribution in [0.15, 0.2) is 5.11 Å². The summed E-state index contributed by atoms with van der Waals surface area (Å²) in [6.07, 6.45) is 8.39. The summed E-state index contributed by atoms with van der Waals surface area (Å²) in [5, 5.41) is 3.39. The monoisotopic (exact) mass is 285 g/mol. The van der Waals surface area contributed by atoms with Crippen LogP contribution in [0.1, 0.15) is 58.3 Å². The van der Waals surface area contributed by atoms with Crippen LogP contribution in [0.5, 0.6) is 0 Å². The molecule has 6 heteroatoms. The Labute approximate surface area is 121 Å². The second-order valence-corrected chi connectivity index (χ2v) is 4.60. The molecule has 0 heterocycles. The highest BCUT2D eigenvalue weighted by Crippen LogP contribution is 2.09. The van der Waals surface area contributed by atoms with Crippen molar-refractivity contribution in [1.29, 1.82) is 0 Å². The molecule has 0 saturated carbocycles. The molecule has 0 aromatic carbocycles. The molecule has 0 amide bonds. The highest BCUT2D eigenvalue weighted by Gasteiger charge is 2.00. The van der Waals surface area contributed by atoms with Gasteiger partial charge in [0.05, 0.1) is 13.2 Å². The Morgan fingerprint density at radius 2 is 1.70 bits per heavy atom. The van der Waals surface area contributed by atoms with Gasteiger partial charge in [-0.25, -0.2) is 0 Å². The predicted octanol–water partition coefficient (Wildman–Crippen LogP) is 4.00. The van der Waals surface area contributed by atoms with Crippen molar-refractivity contribution in [3.63, 3.8) is 0 Å². The first kappa shape index (κ1) is 18.7. The summed E-state index contributed by atoms with van der Waals surface area (Å²) in [5.74, 6) is -0.0784. The molecule has 0 aliphatic heterocycles. The quantitative estimate of drug-likeness (QED) is 0.159. The second kappa shape index (κ2) is 15.8. The van der Waals surface area contributed by atoms with Gasteiger partial charge in [-0.2, -0.15) is 0 Å². The summed E-state index contributed by atoms with van der Waals surface area (Å²) in [6.45, 7) is 3.97. The van der Waals surface area contributed by atoms with Crippen molar-refractivity contribution < 1.29 is 14.3 Å². The summed E-state index contributed by atoms with van der Waals surface area (Å²) >= 11 is 0. The van der Waals surface area contributed by atoms with E-state index in [2.05, 4.69) is 10.0 Å². The molecule has 0 spiro atoms. The van der Waals surface area contributed by atoms with Gasteiger partial charge >= 0.3 is 5.97 Å². The number of carbonyl (C=O) groups excluding carboxylic acids is 1. The van der Waals surface area contributed by atoms with Crippen LogP contribution in [-0.2, 0) is 14.3 Å². The molecule has 0 fully saturated rings. The van der Waals surface area contributed by atoms with Gasteiger partial charge in [-0.15, -0.1) is 0 Å². The molecule has 0 aliphatic carbocycles. The van der Waals surface area contributed by atoms with Gasteiger partial charge < -0.3 is 9.47 Å². The highest BCUT2D eigenvalue weighted by atomic mass is 16.5. The molecule has 0 aromatic rings. The maximum absolute atomic E-state index is 11.1. The fraction of sp³-hybridized carbons (Fsp3) is 0.929. The summed E-state index contributed by atoms with van der Waals surface area (Å²) in [6, 6.07) is 0. The Morgan fingerprint density at radius 1 is 1.05 bits per heavy atom. The molecule has 0 radical (unpaired) electrons. The molecule has 0 atom stereocenters. The van der Waals surface area contributed by atoms with Crippen molar-refractivity contribution in [1.82, 2.24) is 0 Å². The van der Waals surface area contributed by atoms with E-state index in [0.29, 0.717) is 26.2 Å². The molecule has 0 aromatic heterocycles. The van der Waals surface area contributed by atoms with E-state index in [1.165, 1.54) is 25.7 Å². The molecule has 0 saturated heterocycles. The standard InChI is InChI=1S/C14H27N3O3/c1-2-20-14(18)10-8-6-4-3-5-7-9-12-19-13-11-16-17-15/h2-13H2,1H3. The Balaban J connectivity index is 3.06. The van der Waals surface area contributed by atoms with Gasteiger partial charge in [0.1, 0.15) is 0 Å². The maximum atomic E-state index is 11.1. The fourth-order valence-corrected chi connectivity index (χ4v) is 1.84. The minimum Gasteiger partial charge on any atom is -0.466 e. The third kappa shape index (κ3) is 14.8. The van der Waals surface area contributed by atoms with Gasteiger partial charge in [-0.3, -0.25) is 4.79 Å². The lowest BCUT2D eigenvalue weighted by atomic mass is 10.1. The lowest BCUT2D eigenvalue weighted by molar-refractivity contribution is -0.143. The first-order valence-corrected chi connectivity index (χ1v) is 7.55. The van der Waals surface area contributed by atoms with Gasteiger partial charge in [-0.05, 0) is 25.3 Å². The largest absolute Gasteiger partial charge is 0.466 e. The number of carbonyl (C=O) groups is 1. The van der Waals surface area contributed by atoms with Crippen LogP contribution in [0.3, 0.4) is 0 Å². The van der Waals surface area contributed by atoms with Gasteiger partial charge in [0.2, 0.25) is 0 Å². The van der Waals surface area contributed by atoms with E-state index >= 15 is 0 Å². The predicted molar refractivity (Wildman–Crippen MR) is 78.4 cm³/mol. The third-order valence-electron chi connectivity index (χ3n) is 2.87. The molecule has 0 unspecified atom stereocenters. The fourth-order valence-electron chi connectivity index (χ4n) is 1.84. The number of rotatable bonds is 14. The summed E-state index contributed by atoms with van der Waals surface area (Å²) in [4.78, 5) is 13.7. The lowest BCUT2D eigenvalue weighted by Crippen LogP contribution is -2.03. The lowest BCUT2D eigenvalue weighted by Gasteiger charge is -2.03. The Kier molecular flexibility index (Phi) is 14.8. The van der Waals surface area contributed by atoms with Crippen molar-refractivity contribution in [2.45, 2.75) is 58.3 Å². The van der Waals surface area contributed by atoms with Gasteiger partial charge in [0, 0.05) is 24.5 Å². The van der Waals surface area contributed by atoms with Crippen LogP contribution in [0.25, 0.3) is 10.4 Å². The number of ether oxygens (including phenoxy) is 2. The summed E-state index contributed by atoms with van der Waals surface area (Å²) in [5.41, 5.74) is 8.06. The maximum Gasteiger partial charge on any atom is 0.305 e. The van der Waals surface area contributed by atoms with Crippen LogP contribution in [-0.4, -0.2) is 32.3 Å². The average Bonchev–Trinajstić information content (AvgIpc) is 2.44. The Morgan fingerprint density at radius 3 is 2.35 bits per heavy atom. The average molecular weight is 285 g/mol. The molecule has 116 valence electrons.